The Hall–Kier alpha value is -2.11. The van der Waals surface area contributed by atoms with E-state index in [-0.39, 0.29) is 34.5 Å². The first-order valence-electron chi connectivity index (χ1n) is 9.34. The monoisotopic (exact) mass is 440 g/mol. The minimum absolute atomic E-state index is 0.0466. The molecule has 3 rings (SSSR count). The quantitative estimate of drug-likeness (QED) is 0.684. The summed E-state index contributed by atoms with van der Waals surface area (Å²) in [5, 5.41) is 5.42. The first-order valence-corrected chi connectivity index (χ1v) is 11.8. The normalized spacial score (nSPS) is 18.7. The van der Waals surface area contributed by atoms with Crippen molar-refractivity contribution in [3.05, 3.63) is 24.3 Å². The van der Waals surface area contributed by atoms with Gasteiger partial charge in [-0.2, -0.15) is 4.31 Å². The van der Waals surface area contributed by atoms with Gasteiger partial charge in [-0.25, -0.2) is 8.42 Å². The third-order valence-corrected chi connectivity index (χ3v) is 7.62. The summed E-state index contributed by atoms with van der Waals surface area (Å²) in [6, 6.07) is 5.94. The molecule has 9 nitrogen and oxygen atoms in total. The smallest absolute Gasteiger partial charge is 0.282 e. The van der Waals surface area contributed by atoms with Crippen LogP contribution >= 0.6 is 11.8 Å². The highest BCUT2D eigenvalue weighted by molar-refractivity contribution is 8.13. The maximum atomic E-state index is 12.8. The molecule has 0 aromatic heterocycles. The molecule has 0 bridgehead atoms. The summed E-state index contributed by atoms with van der Waals surface area (Å²) in [6.07, 6.45) is 1.02. The Balaban J connectivity index is 1.52. The van der Waals surface area contributed by atoms with Gasteiger partial charge in [-0.3, -0.25) is 14.4 Å². The van der Waals surface area contributed by atoms with E-state index in [2.05, 4.69) is 10.6 Å². The summed E-state index contributed by atoms with van der Waals surface area (Å²) in [5.41, 5.74) is 0.535. The van der Waals surface area contributed by atoms with Crippen LogP contribution in [-0.4, -0.2) is 72.7 Å². The average molecular weight is 441 g/mol. The largest absolute Gasteiger partial charge is 0.352 e. The van der Waals surface area contributed by atoms with E-state index in [9.17, 15) is 22.8 Å². The maximum absolute atomic E-state index is 12.8. The van der Waals surface area contributed by atoms with E-state index in [0.29, 0.717) is 43.9 Å². The first-order chi connectivity index (χ1) is 13.8. The lowest BCUT2D eigenvalue weighted by atomic mass is 10.1. The molecule has 0 aliphatic carbocycles. The fourth-order valence-corrected chi connectivity index (χ4v) is 5.61. The summed E-state index contributed by atoms with van der Waals surface area (Å²) < 4.78 is 27.0. The van der Waals surface area contributed by atoms with Crippen LogP contribution in [0, 0.1) is 0 Å². The van der Waals surface area contributed by atoms with E-state index in [4.69, 9.17) is 0 Å². The van der Waals surface area contributed by atoms with Gasteiger partial charge in [-0.15, -0.1) is 0 Å². The molecule has 0 saturated carbocycles. The Morgan fingerprint density at radius 2 is 1.79 bits per heavy atom. The number of hydrogen-bond donors (Lipinski definition) is 2. The van der Waals surface area contributed by atoms with Gasteiger partial charge in [0.15, 0.2) is 0 Å². The van der Waals surface area contributed by atoms with E-state index < -0.39 is 10.0 Å². The van der Waals surface area contributed by atoms with Crippen molar-refractivity contribution in [2.45, 2.75) is 30.7 Å². The fraction of sp³-hybridized carbons (Fsp3) is 0.500. The highest BCUT2D eigenvalue weighted by atomic mass is 32.2. The molecule has 2 N–H and O–H groups in total. The van der Waals surface area contributed by atoms with Gasteiger partial charge in [0, 0.05) is 44.0 Å². The van der Waals surface area contributed by atoms with Crippen LogP contribution < -0.4 is 10.6 Å². The molecule has 0 spiro atoms. The van der Waals surface area contributed by atoms with Crippen LogP contribution in [0.25, 0.3) is 0 Å². The van der Waals surface area contributed by atoms with Crippen molar-refractivity contribution < 1.29 is 22.8 Å². The molecule has 0 unspecified atom stereocenters. The molecular formula is C18H24N4O5S2. The zero-order chi connectivity index (χ0) is 21.0. The number of benzene rings is 1. The molecule has 11 heteroatoms. The molecule has 2 saturated heterocycles. The number of carbonyl (C=O) groups is 3. The van der Waals surface area contributed by atoms with Crippen LogP contribution in [0.5, 0.6) is 0 Å². The zero-order valence-electron chi connectivity index (χ0n) is 16.1. The SMILES string of the molecule is CC(=O)Nc1ccc(S(=O)(=O)N2CCC(NC(=O)CN3CCSC3=O)CC2)cc1. The Kier molecular flexibility index (Phi) is 6.81. The molecule has 2 aliphatic heterocycles. The predicted molar refractivity (Wildman–Crippen MR) is 110 cm³/mol. The predicted octanol–water partition coefficient (Wildman–Crippen LogP) is 1.08. The number of amides is 3. The second-order valence-corrected chi connectivity index (χ2v) is 9.97. The van der Waals surface area contributed by atoms with Crippen molar-refractivity contribution in [1.82, 2.24) is 14.5 Å². The molecule has 1 aromatic carbocycles. The van der Waals surface area contributed by atoms with Crippen LogP contribution in [0.15, 0.2) is 29.2 Å². The molecule has 3 amide bonds. The number of piperidine rings is 1. The van der Waals surface area contributed by atoms with Crippen LogP contribution in [0.2, 0.25) is 0 Å². The van der Waals surface area contributed by atoms with Gasteiger partial charge in [-0.1, -0.05) is 11.8 Å². The third kappa shape index (κ3) is 5.49. The molecule has 1 aromatic rings. The van der Waals surface area contributed by atoms with Crippen molar-refractivity contribution in [2.24, 2.45) is 0 Å². The van der Waals surface area contributed by atoms with Gasteiger partial charge >= 0.3 is 0 Å². The van der Waals surface area contributed by atoms with Gasteiger partial charge in [0.05, 0.1) is 4.90 Å². The molecule has 2 heterocycles. The van der Waals surface area contributed by atoms with Crippen LogP contribution in [0.1, 0.15) is 19.8 Å². The van der Waals surface area contributed by atoms with Crippen molar-refractivity contribution >= 4 is 44.5 Å². The van der Waals surface area contributed by atoms with Gasteiger partial charge in [0.1, 0.15) is 6.54 Å². The number of sulfonamides is 1. The van der Waals surface area contributed by atoms with Gasteiger partial charge in [0.2, 0.25) is 21.8 Å². The van der Waals surface area contributed by atoms with Crippen molar-refractivity contribution in [2.75, 3.05) is 37.2 Å². The number of anilines is 1. The minimum Gasteiger partial charge on any atom is -0.352 e. The van der Waals surface area contributed by atoms with Crippen LogP contribution in [0.4, 0.5) is 10.5 Å². The second kappa shape index (κ2) is 9.14. The summed E-state index contributed by atoms with van der Waals surface area (Å²) in [6.45, 7) is 2.62. The Bertz CT molecular complexity index is 880. The lowest BCUT2D eigenvalue weighted by Gasteiger charge is -2.32. The zero-order valence-corrected chi connectivity index (χ0v) is 17.7. The molecule has 29 heavy (non-hydrogen) atoms. The minimum atomic E-state index is -3.63. The number of nitrogens with one attached hydrogen (secondary N) is 2. The van der Waals surface area contributed by atoms with Crippen molar-refractivity contribution in [3.8, 4) is 0 Å². The lowest BCUT2D eigenvalue weighted by Crippen LogP contribution is -2.48. The lowest BCUT2D eigenvalue weighted by molar-refractivity contribution is -0.122. The van der Waals surface area contributed by atoms with Crippen LogP contribution in [0.3, 0.4) is 0 Å². The Morgan fingerprint density at radius 3 is 2.34 bits per heavy atom. The molecule has 2 aliphatic rings. The molecule has 2 fully saturated rings. The van der Waals surface area contributed by atoms with Crippen LogP contribution in [-0.2, 0) is 19.6 Å². The highest BCUT2D eigenvalue weighted by Gasteiger charge is 2.30. The standard InChI is InChI=1S/C18H24N4O5S2/c1-13(23)19-14-2-4-16(5-3-14)29(26,27)22-8-6-15(7-9-22)20-17(24)12-21-10-11-28-18(21)25/h2-5,15H,6-12H2,1H3,(H,19,23)(H,20,24). The number of carbonyl (C=O) groups excluding carboxylic acids is 3. The van der Waals surface area contributed by atoms with E-state index in [0.717, 1.165) is 0 Å². The molecular weight excluding hydrogens is 416 g/mol. The molecule has 158 valence electrons. The number of hydrogen-bond acceptors (Lipinski definition) is 6. The van der Waals surface area contributed by atoms with Gasteiger partial charge in [0.25, 0.3) is 5.24 Å². The summed E-state index contributed by atoms with van der Waals surface area (Å²) in [5.74, 6) is 0.266. The van der Waals surface area contributed by atoms with Gasteiger partial charge < -0.3 is 15.5 Å². The van der Waals surface area contributed by atoms with E-state index in [1.807, 2.05) is 0 Å². The van der Waals surface area contributed by atoms with E-state index >= 15 is 0 Å². The average Bonchev–Trinajstić information content (AvgIpc) is 3.06. The van der Waals surface area contributed by atoms with Crippen molar-refractivity contribution in [1.29, 1.82) is 0 Å². The maximum Gasteiger partial charge on any atom is 0.282 e. The molecule has 0 atom stereocenters. The number of thioether (sulfide) groups is 1. The summed E-state index contributed by atoms with van der Waals surface area (Å²) in [7, 11) is -3.63. The molecule has 0 radical (unpaired) electrons. The van der Waals surface area contributed by atoms with Crippen molar-refractivity contribution in [3.63, 3.8) is 0 Å². The summed E-state index contributed by atoms with van der Waals surface area (Å²) in [4.78, 5) is 36.5. The number of nitrogens with zero attached hydrogens (tertiary/aromatic N) is 2. The highest BCUT2D eigenvalue weighted by Crippen LogP contribution is 2.22. The topological polar surface area (TPSA) is 116 Å². The fourth-order valence-electron chi connectivity index (χ4n) is 3.32. The summed E-state index contributed by atoms with van der Waals surface area (Å²) >= 11 is 1.21. The third-order valence-electron chi connectivity index (χ3n) is 4.81. The Morgan fingerprint density at radius 1 is 1.14 bits per heavy atom. The van der Waals surface area contributed by atoms with Gasteiger partial charge in [-0.05, 0) is 37.1 Å². The first kappa shape index (κ1) is 21.6. The Labute approximate surface area is 174 Å². The number of rotatable bonds is 6. The van der Waals surface area contributed by atoms with E-state index in [1.54, 1.807) is 12.1 Å². The second-order valence-electron chi connectivity index (χ2n) is 6.99. The van der Waals surface area contributed by atoms with E-state index in [1.165, 1.54) is 40.0 Å².